The van der Waals surface area contributed by atoms with Gasteiger partial charge in [0.1, 0.15) is 0 Å². The Morgan fingerprint density at radius 3 is 2.68 bits per heavy atom. The van der Waals surface area contributed by atoms with E-state index in [-0.39, 0.29) is 17.4 Å². The van der Waals surface area contributed by atoms with Gasteiger partial charge in [0.25, 0.3) is 0 Å². The summed E-state index contributed by atoms with van der Waals surface area (Å²) in [5.41, 5.74) is 0.466. The van der Waals surface area contributed by atoms with Crippen LogP contribution in [0.15, 0.2) is 22.7 Å². The number of carboxylic acids is 1. The average molecular weight is 326 g/mol. The molecule has 0 heterocycles. The molecule has 2 unspecified atom stereocenters. The second-order valence-electron chi connectivity index (χ2n) is 5.00. The first kappa shape index (κ1) is 14.1. The Morgan fingerprint density at radius 2 is 2.11 bits per heavy atom. The summed E-state index contributed by atoms with van der Waals surface area (Å²) in [6.45, 7) is 2.07. The SMILES string of the molecule is CC1CCCC1C(=O)Nc1cc(Br)ccc1C(=O)O. The van der Waals surface area contributed by atoms with E-state index in [4.69, 9.17) is 5.11 Å². The highest BCUT2D eigenvalue weighted by atomic mass is 79.9. The molecule has 1 amide bonds. The zero-order valence-electron chi connectivity index (χ0n) is 10.6. The maximum atomic E-state index is 12.2. The van der Waals surface area contributed by atoms with Crippen LogP contribution >= 0.6 is 15.9 Å². The number of nitrogens with one attached hydrogen (secondary N) is 1. The number of hydrogen-bond acceptors (Lipinski definition) is 2. The minimum Gasteiger partial charge on any atom is -0.478 e. The Bertz CT molecular complexity index is 515. The highest BCUT2D eigenvalue weighted by Crippen LogP contribution is 2.32. The van der Waals surface area contributed by atoms with Crippen LogP contribution in [0.5, 0.6) is 0 Å². The largest absolute Gasteiger partial charge is 0.478 e. The fourth-order valence-corrected chi connectivity index (χ4v) is 2.93. The van der Waals surface area contributed by atoms with E-state index in [0.29, 0.717) is 11.6 Å². The monoisotopic (exact) mass is 325 g/mol. The molecule has 1 aliphatic carbocycles. The van der Waals surface area contributed by atoms with Crippen molar-refractivity contribution in [1.29, 1.82) is 0 Å². The maximum Gasteiger partial charge on any atom is 0.337 e. The molecule has 0 bridgehead atoms. The van der Waals surface area contributed by atoms with Crippen LogP contribution in [0.3, 0.4) is 0 Å². The van der Waals surface area contributed by atoms with Gasteiger partial charge in [0, 0.05) is 10.4 Å². The van der Waals surface area contributed by atoms with Gasteiger partial charge in [-0.1, -0.05) is 29.3 Å². The highest BCUT2D eigenvalue weighted by molar-refractivity contribution is 9.10. The second-order valence-corrected chi connectivity index (χ2v) is 5.91. The number of carbonyl (C=O) groups is 2. The van der Waals surface area contributed by atoms with Gasteiger partial charge in [-0.2, -0.15) is 0 Å². The Labute approximate surface area is 120 Å². The lowest BCUT2D eigenvalue weighted by molar-refractivity contribution is -0.120. The van der Waals surface area contributed by atoms with Crippen molar-refractivity contribution >= 4 is 33.5 Å². The number of amides is 1. The van der Waals surface area contributed by atoms with E-state index in [1.165, 1.54) is 6.07 Å². The molecule has 4 nitrogen and oxygen atoms in total. The molecule has 19 heavy (non-hydrogen) atoms. The molecular formula is C14H16BrNO3. The number of hydrogen-bond donors (Lipinski definition) is 2. The lowest BCUT2D eigenvalue weighted by Gasteiger charge is -2.16. The zero-order valence-corrected chi connectivity index (χ0v) is 12.2. The minimum atomic E-state index is -1.04. The normalized spacial score (nSPS) is 22.2. The van der Waals surface area contributed by atoms with Crippen LogP contribution < -0.4 is 5.32 Å². The van der Waals surface area contributed by atoms with E-state index in [0.717, 1.165) is 23.7 Å². The Morgan fingerprint density at radius 1 is 1.37 bits per heavy atom. The number of halogens is 1. The van der Waals surface area contributed by atoms with Crippen molar-refractivity contribution in [3.63, 3.8) is 0 Å². The molecule has 102 valence electrons. The van der Waals surface area contributed by atoms with Crippen molar-refractivity contribution in [3.8, 4) is 0 Å². The van der Waals surface area contributed by atoms with Crippen LogP contribution in [0.4, 0.5) is 5.69 Å². The van der Waals surface area contributed by atoms with E-state index in [1.807, 2.05) is 0 Å². The third-order valence-corrected chi connectivity index (χ3v) is 4.16. The van der Waals surface area contributed by atoms with Gasteiger partial charge in [-0.25, -0.2) is 4.79 Å². The lowest BCUT2D eigenvalue weighted by atomic mass is 9.97. The summed E-state index contributed by atoms with van der Waals surface area (Å²) in [6.07, 6.45) is 3.00. The molecule has 1 aromatic rings. The molecule has 0 aliphatic heterocycles. The third kappa shape index (κ3) is 3.15. The topological polar surface area (TPSA) is 66.4 Å². The third-order valence-electron chi connectivity index (χ3n) is 3.67. The molecule has 1 fully saturated rings. The standard InChI is InChI=1S/C14H16BrNO3/c1-8-3-2-4-10(8)13(17)16-12-7-9(15)5-6-11(12)14(18)19/h5-8,10H,2-4H2,1H3,(H,16,17)(H,18,19). The number of benzene rings is 1. The summed E-state index contributed by atoms with van der Waals surface area (Å²) in [6, 6.07) is 4.76. The molecule has 1 aliphatic rings. The van der Waals surface area contributed by atoms with E-state index in [1.54, 1.807) is 12.1 Å². The number of aromatic carboxylic acids is 1. The summed E-state index contributed by atoms with van der Waals surface area (Å²) >= 11 is 3.29. The summed E-state index contributed by atoms with van der Waals surface area (Å²) in [5.74, 6) is -0.770. The zero-order chi connectivity index (χ0) is 14.0. The van der Waals surface area contributed by atoms with E-state index in [9.17, 15) is 9.59 Å². The van der Waals surface area contributed by atoms with Crippen LogP contribution in [0.1, 0.15) is 36.5 Å². The number of anilines is 1. The Balaban J connectivity index is 2.20. The van der Waals surface area contributed by atoms with Crippen LogP contribution in [0.2, 0.25) is 0 Å². The second kappa shape index (κ2) is 5.74. The van der Waals surface area contributed by atoms with Gasteiger partial charge in [-0.3, -0.25) is 4.79 Å². The molecule has 1 aromatic carbocycles. The minimum absolute atomic E-state index is 0.0133. The van der Waals surface area contributed by atoms with Crippen molar-refractivity contribution < 1.29 is 14.7 Å². The quantitative estimate of drug-likeness (QED) is 0.893. The fourth-order valence-electron chi connectivity index (χ4n) is 2.57. The first-order valence-electron chi connectivity index (χ1n) is 6.32. The number of carboxylic acid groups (broad SMARTS) is 1. The first-order valence-corrected chi connectivity index (χ1v) is 7.12. The van der Waals surface area contributed by atoms with Crippen LogP contribution in [0.25, 0.3) is 0 Å². The van der Waals surface area contributed by atoms with Crippen LogP contribution in [-0.4, -0.2) is 17.0 Å². The van der Waals surface area contributed by atoms with E-state index in [2.05, 4.69) is 28.2 Å². The summed E-state index contributed by atoms with van der Waals surface area (Å²) < 4.78 is 0.743. The average Bonchev–Trinajstić information content (AvgIpc) is 2.75. The van der Waals surface area contributed by atoms with Gasteiger partial charge < -0.3 is 10.4 Å². The van der Waals surface area contributed by atoms with Gasteiger partial charge in [0.05, 0.1) is 11.3 Å². The molecule has 0 spiro atoms. The van der Waals surface area contributed by atoms with Gasteiger partial charge in [0.15, 0.2) is 0 Å². The maximum absolute atomic E-state index is 12.2. The number of carbonyl (C=O) groups excluding carboxylic acids is 1. The number of rotatable bonds is 3. The molecule has 0 radical (unpaired) electrons. The smallest absolute Gasteiger partial charge is 0.337 e. The fraction of sp³-hybridized carbons (Fsp3) is 0.429. The molecule has 5 heteroatoms. The summed E-state index contributed by atoms with van der Waals surface area (Å²) in [7, 11) is 0. The van der Waals surface area contributed by atoms with Gasteiger partial charge >= 0.3 is 5.97 Å². The molecule has 0 saturated heterocycles. The van der Waals surface area contributed by atoms with Gasteiger partial charge in [-0.05, 0) is 37.0 Å². The van der Waals surface area contributed by atoms with Crippen molar-refractivity contribution in [2.45, 2.75) is 26.2 Å². The van der Waals surface area contributed by atoms with E-state index >= 15 is 0 Å². The molecule has 0 aromatic heterocycles. The van der Waals surface area contributed by atoms with Crippen molar-refractivity contribution in [1.82, 2.24) is 0 Å². The van der Waals surface area contributed by atoms with E-state index < -0.39 is 5.97 Å². The summed E-state index contributed by atoms with van der Waals surface area (Å²) in [4.78, 5) is 23.3. The van der Waals surface area contributed by atoms with Crippen molar-refractivity contribution in [2.75, 3.05) is 5.32 Å². The highest BCUT2D eigenvalue weighted by Gasteiger charge is 2.30. The molecule has 2 rings (SSSR count). The van der Waals surface area contributed by atoms with Crippen LogP contribution in [-0.2, 0) is 4.79 Å². The molecule has 2 atom stereocenters. The van der Waals surface area contributed by atoms with Crippen molar-refractivity contribution in [3.05, 3.63) is 28.2 Å². The lowest BCUT2D eigenvalue weighted by Crippen LogP contribution is -2.25. The first-order chi connectivity index (χ1) is 8.99. The predicted octanol–water partition coefficient (Wildman–Crippen LogP) is 3.52. The van der Waals surface area contributed by atoms with Crippen LogP contribution in [0, 0.1) is 11.8 Å². The van der Waals surface area contributed by atoms with Gasteiger partial charge in [0.2, 0.25) is 5.91 Å². The summed E-state index contributed by atoms with van der Waals surface area (Å²) in [5, 5.41) is 11.9. The van der Waals surface area contributed by atoms with Gasteiger partial charge in [-0.15, -0.1) is 0 Å². The molecule has 1 saturated carbocycles. The predicted molar refractivity (Wildman–Crippen MR) is 76.2 cm³/mol. The molecule has 2 N–H and O–H groups in total. The Kier molecular flexibility index (Phi) is 4.24. The van der Waals surface area contributed by atoms with Crippen molar-refractivity contribution in [2.24, 2.45) is 11.8 Å². The Hall–Kier alpha value is -1.36. The molecular weight excluding hydrogens is 310 g/mol.